The van der Waals surface area contributed by atoms with E-state index >= 15 is 0 Å². The molecule has 0 N–H and O–H groups in total. The number of pyridine rings is 1. The first-order chi connectivity index (χ1) is 13.2. The monoisotopic (exact) mass is 366 g/mol. The number of hydrogen-bond donors (Lipinski definition) is 0. The molecule has 0 bridgehead atoms. The zero-order chi connectivity index (χ0) is 18.6. The minimum atomic E-state index is 0.0438. The van der Waals surface area contributed by atoms with Crippen LogP contribution in [0.5, 0.6) is 0 Å². The molecule has 1 fully saturated rings. The van der Waals surface area contributed by atoms with Gasteiger partial charge in [0.15, 0.2) is 0 Å². The number of rotatable bonds is 5. The highest BCUT2D eigenvalue weighted by Gasteiger charge is 2.28. The lowest BCUT2D eigenvalue weighted by Gasteiger charge is -2.32. The van der Waals surface area contributed by atoms with E-state index in [0.29, 0.717) is 12.4 Å². The molecule has 3 aromatic heterocycles. The smallest absolute Gasteiger partial charge is 0.244 e. The van der Waals surface area contributed by atoms with Crippen molar-refractivity contribution >= 4 is 5.91 Å². The van der Waals surface area contributed by atoms with Crippen molar-refractivity contribution in [1.29, 1.82) is 0 Å². The third-order valence-corrected chi connectivity index (χ3v) is 4.99. The molecule has 140 valence electrons. The summed E-state index contributed by atoms with van der Waals surface area (Å²) >= 11 is 0. The molecular weight excluding hydrogens is 344 g/mol. The van der Waals surface area contributed by atoms with E-state index in [4.69, 9.17) is 0 Å². The van der Waals surface area contributed by atoms with Crippen LogP contribution in [-0.4, -0.2) is 58.6 Å². The van der Waals surface area contributed by atoms with Gasteiger partial charge in [0.2, 0.25) is 5.91 Å². The van der Waals surface area contributed by atoms with E-state index < -0.39 is 0 Å². The van der Waals surface area contributed by atoms with Crippen molar-refractivity contribution in [3.8, 4) is 0 Å². The summed E-state index contributed by atoms with van der Waals surface area (Å²) in [5, 5.41) is 11.3. The molecule has 9 heteroatoms. The first kappa shape index (κ1) is 17.3. The first-order valence-corrected chi connectivity index (χ1v) is 9.11. The number of aromatic nitrogens is 7. The van der Waals surface area contributed by atoms with Crippen molar-refractivity contribution in [3.05, 3.63) is 54.1 Å². The molecular formula is C18H22N8O. The van der Waals surface area contributed by atoms with Crippen LogP contribution in [0.4, 0.5) is 0 Å². The summed E-state index contributed by atoms with van der Waals surface area (Å²) in [6.45, 7) is 4.17. The fraction of sp³-hybridized carbons (Fsp3) is 0.444. The molecule has 1 atom stereocenters. The molecule has 1 saturated heterocycles. The maximum Gasteiger partial charge on any atom is 0.244 e. The molecule has 4 heterocycles. The number of carbonyl (C=O) groups is 1. The number of amides is 1. The predicted octanol–water partition coefficient (Wildman–Crippen LogP) is 1.03. The second-order valence-electron chi connectivity index (χ2n) is 6.83. The van der Waals surface area contributed by atoms with Gasteiger partial charge in [0.25, 0.3) is 0 Å². The average Bonchev–Trinajstić information content (AvgIpc) is 3.32. The van der Waals surface area contributed by atoms with Crippen molar-refractivity contribution in [2.24, 2.45) is 0 Å². The molecule has 0 aromatic carbocycles. The van der Waals surface area contributed by atoms with Gasteiger partial charge in [0, 0.05) is 50.3 Å². The Labute approximate surface area is 157 Å². The van der Waals surface area contributed by atoms with E-state index in [1.54, 1.807) is 19.3 Å². The first-order valence-electron chi connectivity index (χ1n) is 9.11. The fourth-order valence-electron chi connectivity index (χ4n) is 3.54. The second kappa shape index (κ2) is 7.65. The van der Waals surface area contributed by atoms with Crippen LogP contribution in [0.3, 0.4) is 0 Å². The van der Waals surface area contributed by atoms with Gasteiger partial charge in [-0.2, -0.15) is 0 Å². The Bertz CT molecular complexity index is 903. The summed E-state index contributed by atoms with van der Waals surface area (Å²) in [6, 6.07) is 4.02. The lowest BCUT2D eigenvalue weighted by atomic mass is 9.97. The van der Waals surface area contributed by atoms with Gasteiger partial charge in [-0.3, -0.25) is 9.78 Å². The van der Waals surface area contributed by atoms with Gasteiger partial charge in [0.05, 0.1) is 0 Å². The third kappa shape index (κ3) is 3.86. The predicted molar refractivity (Wildman–Crippen MR) is 96.7 cm³/mol. The number of piperidine rings is 1. The number of hydrogen-bond acceptors (Lipinski definition) is 6. The lowest BCUT2D eigenvalue weighted by Crippen LogP contribution is -2.41. The molecule has 0 spiro atoms. The summed E-state index contributed by atoms with van der Waals surface area (Å²) in [4.78, 5) is 23.2. The van der Waals surface area contributed by atoms with Crippen molar-refractivity contribution in [3.63, 3.8) is 0 Å². The van der Waals surface area contributed by atoms with E-state index in [-0.39, 0.29) is 18.4 Å². The van der Waals surface area contributed by atoms with Crippen molar-refractivity contribution in [2.75, 3.05) is 13.1 Å². The van der Waals surface area contributed by atoms with Gasteiger partial charge >= 0.3 is 0 Å². The Kier molecular flexibility index (Phi) is 4.91. The number of tetrazole rings is 1. The third-order valence-electron chi connectivity index (χ3n) is 4.99. The van der Waals surface area contributed by atoms with E-state index in [9.17, 15) is 4.79 Å². The summed E-state index contributed by atoms with van der Waals surface area (Å²) in [6.07, 6.45) is 9.43. The van der Waals surface area contributed by atoms with E-state index in [1.807, 2.05) is 29.4 Å². The Morgan fingerprint density at radius 3 is 2.89 bits per heavy atom. The van der Waals surface area contributed by atoms with Crippen molar-refractivity contribution < 1.29 is 4.79 Å². The van der Waals surface area contributed by atoms with Gasteiger partial charge in [-0.15, -0.1) is 5.10 Å². The molecule has 0 unspecified atom stereocenters. The molecule has 3 aromatic rings. The van der Waals surface area contributed by atoms with Crippen LogP contribution in [-0.2, 0) is 17.9 Å². The SMILES string of the molecule is Cc1nnnn1CC(=O)N1CCC[C@H](c2nccn2Cc2ccncc2)C1. The molecule has 4 rings (SSSR count). The molecule has 0 radical (unpaired) electrons. The Morgan fingerprint density at radius 2 is 2.11 bits per heavy atom. The molecule has 1 aliphatic heterocycles. The van der Waals surface area contributed by atoms with Crippen LogP contribution in [0.15, 0.2) is 36.9 Å². The van der Waals surface area contributed by atoms with Crippen LogP contribution in [0.2, 0.25) is 0 Å². The van der Waals surface area contributed by atoms with Crippen LogP contribution < -0.4 is 0 Å². The maximum absolute atomic E-state index is 12.7. The molecule has 1 aliphatic rings. The second-order valence-corrected chi connectivity index (χ2v) is 6.83. The Balaban J connectivity index is 1.45. The highest BCUT2D eigenvalue weighted by molar-refractivity contribution is 5.76. The zero-order valence-corrected chi connectivity index (χ0v) is 15.3. The molecule has 9 nitrogen and oxygen atoms in total. The number of aryl methyl sites for hydroxylation is 1. The normalized spacial score (nSPS) is 17.2. The van der Waals surface area contributed by atoms with Gasteiger partial charge in [-0.1, -0.05) is 0 Å². The van der Waals surface area contributed by atoms with Gasteiger partial charge < -0.3 is 9.47 Å². The Morgan fingerprint density at radius 1 is 1.26 bits per heavy atom. The van der Waals surface area contributed by atoms with Crippen LogP contribution in [0, 0.1) is 6.92 Å². The number of carbonyl (C=O) groups excluding carboxylic acids is 1. The molecule has 0 aliphatic carbocycles. The molecule has 27 heavy (non-hydrogen) atoms. The summed E-state index contributed by atoms with van der Waals surface area (Å²) < 4.78 is 3.70. The highest BCUT2D eigenvalue weighted by atomic mass is 16.2. The zero-order valence-electron chi connectivity index (χ0n) is 15.3. The van der Waals surface area contributed by atoms with Crippen LogP contribution in [0.1, 0.15) is 36.0 Å². The van der Waals surface area contributed by atoms with E-state index in [2.05, 4.69) is 30.1 Å². The van der Waals surface area contributed by atoms with Crippen LogP contribution >= 0.6 is 0 Å². The van der Waals surface area contributed by atoms with Crippen molar-refractivity contribution in [2.45, 2.75) is 38.8 Å². The Hall–Kier alpha value is -3.10. The quantitative estimate of drug-likeness (QED) is 0.669. The van der Waals surface area contributed by atoms with Crippen molar-refractivity contribution in [1.82, 2.24) is 39.6 Å². The largest absolute Gasteiger partial charge is 0.340 e. The lowest BCUT2D eigenvalue weighted by molar-refractivity contribution is -0.133. The summed E-state index contributed by atoms with van der Waals surface area (Å²) in [5.41, 5.74) is 1.18. The van der Waals surface area contributed by atoms with Crippen LogP contribution in [0.25, 0.3) is 0 Å². The number of nitrogens with zero attached hydrogens (tertiary/aromatic N) is 8. The topological polar surface area (TPSA) is 94.6 Å². The van der Waals surface area contributed by atoms with E-state index in [1.165, 1.54) is 10.2 Å². The minimum Gasteiger partial charge on any atom is -0.340 e. The average molecular weight is 366 g/mol. The van der Waals surface area contributed by atoms with Gasteiger partial charge in [-0.25, -0.2) is 9.67 Å². The summed E-state index contributed by atoms with van der Waals surface area (Å²) in [7, 11) is 0. The number of imidazole rings is 1. The molecule has 0 saturated carbocycles. The van der Waals surface area contributed by atoms with E-state index in [0.717, 1.165) is 31.8 Å². The summed E-state index contributed by atoms with van der Waals surface area (Å²) in [5.74, 6) is 1.95. The van der Waals surface area contributed by atoms with Gasteiger partial charge in [0.1, 0.15) is 18.2 Å². The standard InChI is InChI=1S/C18H22N8O/c1-14-21-22-23-26(14)13-17(27)24-9-2-3-16(12-24)18-20-8-10-25(18)11-15-4-6-19-7-5-15/h4-8,10,16H,2-3,9,11-13H2,1H3/t16-/m0/s1. The number of likely N-dealkylation sites (tertiary alicyclic amines) is 1. The minimum absolute atomic E-state index is 0.0438. The fourth-order valence-corrected chi connectivity index (χ4v) is 3.54. The highest BCUT2D eigenvalue weighted by Crippen LogP contribution is 2.26. The van der Waals surface area contributed by atoms with Gasteiger partial charge in [-0.05, 0) is 47.9 Å². The molecule has 1 amide bonds. The maximum atomic E-state index is 12.7.